The number of furan rings is 1. The van der Waals surface area contributed by atoms with Gasteiger partial charge in [0.15, 0.2) is 5.78 Å². The van der Waals surface area contributed by atoms with Gasteiger partial charge in [-0.1, -0.05) is 11.8 Å². The van der Waals surface area contributed by atoms with Crippen LogP contribution < -0.4 is 0 Å². The van der Waals surface area contributed by atoms with E-state index in [-0.39, 0.29) is 11.6 Å². The Bertz CT molecular complexity index is 602. The maximum Gasteiger partial charge on any atom is 0.161 e. The van der Waals surface area contributed by atoms with Crippen LogP contribution in [-0.4, -0.2) is 5.78 Å². The predicted molar refractivity (Wildman–Crippen MR) is 68.7 cm³/mol. The number of carbonyl (C=O) groups is 1. The van der Waals surface area contributed by atoms with Crippen molar-refractivity contribution < 1.29 is 13.6 Å². The van der Waals surface area contributed by atoms with Crippen molar-refractivity contribution in [2.75, 3.05) is 0 Å². The van der Waals surface area contributed by atoms with Crippen molar-refractivity contribution in [3.63, 3.8) is 0 Å². The van der Waals surface area contributed by atoms with Crippen LogP contribution in [0.4, 0.5) is 4.39 Å². The van der Waals surface area contributed by atoms with Gasteiger partial charge in [-0.05, 0) is 44.5 Å². The van der Waals surface area contributed by atoms with E-state index < -0.39 is 0 Å². The van der Waals surface area contributed by atoms with Gasteiger partial charge in [-0.15, -0.1) is 0 Å². The molecule has 0 fully saturated rings. The third kappa shape index (κ3) is 2.48. The van der Waals surface area contributed by atoms with Crippen LogP contribution in [0.15, 0.2) is 38.7 Å². The normalized spacial score (nSPS) is 10.7. The zero-order valence-electron chi connectivity index (χ0n) is 10.4. The van der Waals surface area contributed by atoms with Gasteiger partial charge in [-0.25, -0.2) is 4.39 Å². The summed E-state index contributed by atoms with van der Waals surface area (Å²) in [5.41, 5.74) is 0.937. The van der Waals surface area contributed by atoms with Gasteiger partial charge < -0.3 is 4.42 Å². The van der Waals surface area contributed by atoms with Crippen molar-refractivity contribution in [1.29, 1.82) is 0 Å². The van der Waals surface area contributed by atoms with E-state index in [1.165, 1.54) is 24.8 Å². The number of hydrogen-bond donors (Lipinski definition) is 0. The molecule has 0 aliphatic carbocycles. The van der Waals surface area contributed by atoms with Gasteiger partial charge in [0.05, 0.1) is 11.2 Å². The number of aryl methyl sites for hydroxylation is 2. The molecule has 0 radical (unpaired) electrons. The summed E-state index contributed by atoms with van der Waals surface area (Å²) in [6.07, 6.45) is 1.60. The van der Waals surface area contributed by atoms with E-state index in [1.807, 2.05) is 13.0 Å². The summed E-state index contributed by atoms with van der Waals surface area (Å²) >= 11 is 1.42. The van der Waals surface area contributed by atoms with Crippen LogP contribution >= 0.6 is 11.8 Å². The van der Waals surface area contributed by atoms with E-state index in [0.717, 1.165) is 15.6 Å². The lowest BCUT2D eigenvalue weighted by Gasteiger charge is -2.08. The minimum atomic E-state index is -0.353. The van der Waals surface area contributed by atoms with Crippen molar-refractivity contribution in [3.05, 3.63) is 47.2 Å². The van der Waals surface area contributed by atoms with E-state index in [2.05, 4.69) is 0 Å². The Labute approximate surface area is 109 Å². The molecule has 0 amide bonds. The summed E-state index contributed by atoms with van der Waals surface area (Å²) in [6.45, 7) is 4.98. The largest absolute Gasteiger partial charge is 0.468 e. The molecule has 0 spiro atoms. The summed E-state index contributed by atoms with van der Waals surface area (Å²) < 4.78 is 18.7. The molecule has 0 saturated carbocycles. The molecule has 2 nitrogen and oxygen atoms in total. The molecule has 2 aromatic rings. The lowest BCUT2D eigenvalue weighted by atomic mass is 10.1. The summed E-state index contributed by atoms with van der Waals surface area (Å²) in [7, 11) is 0. The Kier molecular flexibility index (Phi) is 3.57. The van der Waals surface area contributed by atoms with E-state index in [9.17, 15) is 9.18 Å². The lowest BCUT2D eigenvalue weighted by Crippen LogP contribution is -1.98. The fourth-order valence-electron chi connectivity index (χ4n) is 1.61. The van der Waals surface area contributed by atoms with Crippen LogP contribution in [-0.2, 0) is 0 Å². The topological polar surface area (TPSA) is 30.2 Å². The second-order valence-corrected chi connectivity index (χ2v) is 5.18. The first-order valence-electron chi connectivity index (χ1n) is 5.52. The average molecular weight is 264 g/mol. The Morgan fingerprint density at radius 3 is 2.56 bits per heavy atom. The molecule has 2 rings (SSSR count). The Morgan fingerprint density at radius 2 is 2.00 bits per heavy atom. The molecule has 94 valence electrons. The highest BCUT2D eigenvalue weighted by Gasteiger charge is 2.14. The zero-order valence-corrected chi connectivity index (χ0v) is 11.2. The Morgan fingerprint density at radius 1 is 1.28 bits per heavy atom. The molecule has 4 heteroatoms. The number of Topliss-reactive ketones (excluding diaryl/α,β-unsaturated/α-hetero) is 1. The van der Waals surface area contributed by atoms with Crippen LogP contribution in [0.1, 0.15) is 28.6 Å². The Hall–Kier alpha value is -1.55. The third-order valence-corrected chi connectivity index (χ3v) is 3.87. The van der Waals surface area contributed by atoms with E-state index in [4.69, 9.17) is 4.42 Å². The van der Waals surface area contributed by atoms with Gasteiger partial charge in [0.25, 0.3) is 0 Å². The summed E-state index contributed by atoms with van der Waals surface area (Å²) in [6, 6.07) is 4.83. The molecular weight excluding hydrogens is 251 g/mol. The minimum Gasteiger partial charge on any atom is -0.468 e. The fraction of sp³-hybridized carbons (Fsp3) is 0.214. The highest BCUT2D eigenvalue weighted by Crippen LogP contribution is 2.34. The standard InChI is InChI=1S/C14H13FO2S/c1-8-6-14(11(9(2)16)7-12(8)15)18-13-4-5-17-10(13)3/h4-7H,1-3H3. The van der Waals surface area contributed by atoms with Crippen molar-refractivity contribution in [1.82, 2.24) is 0 Å². The van der Waals surface area contributed by atoms with Crippen LogP contribution in [0.5, 0.6) is 0 Å². The van der Waals surface area contributed by atoms with Crippen LogP contribution in [0.3, 0.4) is 0 Å². The highest BCUT2D eigenvalue weighted by molar-refractivity contribution is 7.99. The number of ketones is 1. The molecule has 0 aliphatic rings. The summed E-state index contributed by atoms with van der Waals surface area (Å²) in [5.74, 6) is 0.294. The second kappa shape index (κ2) is 4.98. The van der Waals surface area contributed by atoms with E-state index >= 15 is 0 Å². The minimum absolute atomic E-state index is 0.141. The van der Waals surface area contributed by atoms with Crippen molar-refractivity contribution in [2.24, 2.45) is 0 Å². The van der Waals surface area contributed by atoms with Crippen LogP contribution in [0.25, 0.3) is 0 Å². The first kappa shape index (κ1) is 12.9. The maximum absolute atomic E-state index is 13.5. The number of halogens is 1. The second-order valence-electron chi connectivity index (χ2n) is 4.10. The van der Waals surface area contributed by atoms with Gasteiger partial charge in [-0.3, -0.25) is 4.79 Å². The van der Waals surface area contributed by atoms with E-state index in [0.29, 0.717) is 11.1 Å². The van der Waals surface area contributed by atoms with Crippen molar-refractivity contribution in [3.8, 4) is 0 Å². The smallest absolute Gasteiger partial charge is 0.161 e. The SMILES string of the molecule is CC(=O)c1cc(F)c(C)cc1Sc1ccoc1C. The molecule has 0 N–H and O–H groups in total. The lowest BCUT2D eigenvalue weighted by molar-refractivity contribution is 0.101. The molecule has 18 heavy (non-hydrogen) atoms. The molecular formula is C14H13FO2S. The van der Waals surface area contributed by atoms with Gasteiger partial charge in [-0.2, -0.15) is 0 Å². The van der Waals surface area contributed by atoms with Crippen molar-refractivity contribution >= 4 is 17.5 Å². The quantitative estimate of drug-likeness (QED) is 0.770. The molecule has 0 atom stereocenters. The summed E-state index contributed by atoms with van der Waals surface area (Å²) in [4.78, 5) is 13.2. The number of hydrogen-bond acceptors (Lipinski definition) is 3. The van der Waals surface area contributed by atoms with Crippen molar-refractivity contribution in [2.45, 2.75) is 30.6 Å². The molecule has 1 aromatic heterocycles. The average Bonchev–Trinajstić information content (AvgIpc) is 2.69. The van der Waals surface area contributed by atoms with Crippen LogP contribution in [0.2, 0.25) is 0 Å². The highest BCUT2D eigenvalue weighted by atomic mass is 32.2. The van der Waals surface area contributed by atoms with Gasteiger partial charge in [0.2, 0.25) is 0 Å². The third-order valence-electron chi connectivity index (χ3n) is 2.67. The van der Waals surface area contributed by atoms with Gasteiger partial charge in [0, 0.05) is 10.5 Å². The zero-order chi connectivity index (χ0) is 13.3. The summed E-state index contributed by atoms with van der Waals surface area (Å²) in [5, 5.41) is 0. The van der Waals surface area contributed by atoms with Gasteiger partial charge >= 0.3 is 0 Å². The molecule has 1 aromatic carbocycles. The monoisotopic (exact) mass is 264 g/mol. The Balaban J connectivity index is 2.46. The van der Waals surface area contributed by atoms with E-state index in [1.54, 1.807) is 19.3 Å². The fourth-order valence-corrected chi connectivity index (χ4v) is 2.71. The first-order chi connectivity index (χ1) is 8.49. The number of carbonyl (C=O) groups excluding carboxylic acids is 1. The molecule has 0 unspecified atom stereocenters. The molecule has 0 saturated heterocycles. The first-order valence-corrected chi connectivity index (χ1v) is 6.33. The van der Waals surface area contributed by atoms with Gasteiger partial charge in [0.1, 0.15) is 11.6 Å². The number of benzene rings is 1. The molecule has 1 heterocycles. The predicted octanol–water partition coefficient (Wildman–Crippen LogP) is 4.39. The maximum atomic E-state index is 13.5. The number of rotatable bonds is 3. The van der Waals surface area contributed by atoms with Crippen LogP contribution in [0, 0.1) is 19.7 Å². The molecule has 0 bridgehead atoms. The molecule has 0 aliphatic heterocycles.